The van der Waals surface area contributed by atoms with E-state index < -0.39 is 24.0 Å². The third kappa shape index (κ3) is 4.54. The van der Waals surface area contributed by atoms with E-state index in [0.29, 0.717) is 12.8 Å². The zero-order valence-electron chi connectivity index (χ0n) is 9.42. The number of hydrogen-bond donors (Lipinski definition) is 3. The first-order valence-electron chi connectivity index (χ1n) is 5.24. The van der Waals surface area contributed by atoms with Gasteiger partial charge in [-0.2, -0.15) is 0 Å². The fraction of sp³-hybridized carbons (Fsp3) is 0.455. The third-order valence-electron chi connectivity index (χ3n) is 2.38. The van der Waals surface area contributed by atoms with E-state index >= 15 is 0 Å². The summed E-state index contributed by atoms with van der Waals surface area (Å²) in [7, 11) is 0. The summed E-state index contributed by atoms with van der Waals surface area (Å²) in [6.45, 7) is 1.43. The Kier molecular flexibility index (Phi) is 5.11. The maximum atomic E-state index is 11.0. The van der Waals surface area contributed by atoms with Crippen molar-refractivity contribution in [2.75, 3.05) is 0 Å². The molecule has 0 fully saturated rings. The fourth-order valence-electron chi connectivity index (χ4n) is 1.39. The summed E-state index contributed by atoms with van der Waals surface area (Å²) >= 11 is 1.56. The molecule has 17 heavy (non-hydrogen) atoms. The van der Waals surface area contributed by atoms with Gasteiger partial charge in [-0.15, -0.1) is 11.3 Å². The number of hydrogen-bond acceptors (Lipinski definition) is 4. The van der Waals surface area contributed by atoms with E-state index in [9.17, 15) is 9.59 Å². The molecular formula is C11H15NO4S. The molecule has 1 heterocycles. The predicted molar refractivity (Wildman–Crippen MR) is 64.3 cm³/mol. The SMILES string of the molecule is C[C@@H](NC(CCc1cccs1)C(=O)O)C(=O)O. The Morgan fingerprint density at radius 3 is 2.59 bits per heavy atom. The van der Waals surface area contributed by atoms with Gasteiger partial charge in [0.15, 0.2) is 0 Å². The first kappa shape index (κ1) is 13.7. The molecule has 2 atom stereocenters. The normalized spacial score (nSPS) is 14.2. The number of thiophene rings is 1. The molecule has 0 saturated heterocycles. The van der Waals surface area contributed by atoms with Crippen LogP contribution in [-0.4, -0.2) is 34.2 Å². The Balaban J connectivity index is 2.49. The molecule has 3 N–H and O–H groups in total. The fourth-order valence-corrected chi connectivity index (χ4v) is 2.12. The zero-order valence-corrected chi connectivity index (χ0v) is 10.2. The third-order valence-corrected chi connectivity index (χ3v) is 3.32. The van der Waals surface area contributed by atoms with E-state index in [2.05, 4.69) is 5.32 Å². The van der Waals surface area contributed by atoms with E-state index in [0.717, 1.165) is 4.88 Å². The number of carboxylic acid groups (broad SMARTS) is 2. The Morgan fingerprint density at radius 2 is 2.12 bits per heavy atom. The van der Waals surface area contributed by atoms with Crippen LogP contribution in [0.5, 0.6) is 0 Å². The quantitative estimate of drug-likeness (QED) is 0.683. The van der Waals surface area contributed by atoms with Crippen LogP contribution in [0.4, 0.5) is 0 Å². The van der Waals surface area contributed by atoms with Gasteiger partial charge in [0.1, 0.15) is 12.1 Å². The van der Waals surface area contributed by atoms with Gasteiger partial charge in [0, 0.05) is 4.88 Å². The second-order valence-electron chi connectivity index (χ2n) is 3.74. The highest BCUT2D eigenvalue weighted by molar-refractivity contribution is 7.09. The minimum atomic E-state index is -1.05. The maximum Gasteiger partial charge on any atom is 0.320 e. The second kappa shape index (κ2) is 6.36. The van der Waals surface area contributed by atoms with Gasteiger partial charge in [-0.05, 0) is 31.2 Å². The zero-order chi connectivity index (χ0) is 12.8. The molecule has 0 spiro atoms. The van der Waals surface area contributed by atoms with Crippen molar-refractivity contribution in [3.63, 3.8) is 0 Å². The van der Waals surface area contributed by atoms with Crippen molar-refractivity contribution in [2.24, 2.45) is 0 Å². The first-order valence-corrected chi connectivity index (χ1v) is 6.12. The van der Waals surface area contributed by atoms with E-state index in [4.69, 9.17) is 10.2 Å². The highest BCUT2D eigenvalue weighted by Gasteiger charge is 2.22. The van der Waals surface area contributed by atoms with Crippen molar-refractivity contribution in [3.05, 3.63) is 22.4 Å². The molecule has 0 bridgehead atoms. The topological polar surface area (TPSA) is 86.6 Å². The highest BCUT2D eigenvalue weighted by atomic mass is 32.1. The lowest BCUT2D eigenvalue weighted by Gasteiger charge is -2.16. The molecule has 6 heteroatoms. The lowest BCUT2D eigenvalue weighted by Crippen LogP contribution is -2.45. The number of aliphatic carboxylic acids is 2. The van der Waals surface area contributed by atoms with E-state index in [1.807, 2.05) is 17.5 Å². The summed E-state index contributed by atoms with van der Waals surface area (Å²) in [6.07, 6.45) is 1.02. The Bertz CT molecular complexity index is 377. The Hall–Kier alpha value is -1.40. The summed E-state index contributed by atoms with van der Waals surface area (Å²) in [5, 5.41) is 22.2. The monoisotopic (exact) mass is 257 g/mol. The average Bonchev–Trinajstić information content (AvgIpc) is 2.75. The summed E-state index contributed by atoms with van der Waals surface area (Å²) in [4.78, 5) is 22.7. The van der Waals surface area contributed by atoms with Crippen molar-refractivity contribution in [1.82, 2.24) is 5.32 Å². The van der Waals surface area contributed by atoms with Crippen LogP contribution in [0, 0.1) is 0 Å². The van der Waals surface area contributed by atoms with Crippen LogP contribution in [0.15, 0.2) is 17.5 Å². The van der Waals surface area contributed by atoms with Gasteiger partial charge in [0.25, 0.3) is 0 Å². The molecule has 1 aromatic heterocycles. The number of rotatable bonds is 7. The van der Waals surface area contributed by atoms with Crippen LogP contribution in [0.1, 0.15) is 18.2 Å². The highest BCUT2D eigenvalue weighted by Crippen LogP contribution is 2.12. The van der Waals surface area contributed by atoms with Crippen LogP contribution >= 0.6 is 11.3 Å². The first-order chi connectivity index (χ1) is 8.00. The van der Waals surface area contributed by atoms with E-state index in [1.165, 1.54) is 6.92 Å². The van der Waals surface area contributed by atoms with Gasteiger partial charge < -0.3 is 10.2 Å². The van der Waals surface area contributed by atoms with Crippen molar-refractivity contribution in [2.45, 2.75) is 31.8 Å². The van der Waals surface area contributed by atoms with Crippen LogP contribution in [0.2, 0.25) is 0 Å². The van der Waals surface area contributed by atoms with E-state index in [-0.39, 0.29) is 0 Å². The second-order valence-corrected chi connectivity index (χ2v) is 4.77. The van der Waals surface area contributed by atoms with Gasteiger partial charge in [0.05, 0.1) is 0 Å². The van der Waals surface area contributed by atoms with Crippen LogP contribution < -0.4 is 5.32 Å². The molecule has 94 valence electrons. The Morgan fingerprint density at radius 1 is 1.41 bits per heavy atom. The van der Waals surface area contributed by atoms with Gasteiger partial charge in [-0.1, -0.05) is 6.07 Å². The van der Waals surface area contributed by atoms with Gasteiger partial charge >= 0.3 is 11.9 Å². The van der Waals surface area contributed by atoms with Crippen molar-refractivity contribution >= 4 is 23.3 Å². The minimum absolute atomic E-state index is 0.382. The average molecular weight is 257 g/mol. The van der Waals surface area contributed by atoms with Crippen molar-refractivity contribution < 1.29 is 19.8 Å². The standard InChI is InChI=1S/C11H15NO4S/c1-7(10(13)14)12-9(11(15)16)5-4-8-3-2-6-17-8/h2-3,6-7,9,12H,4-5H2,1H3,(H,13,14)(H,15,16)/t7-,9?/m1/s1. The smallest absolute Gasteiger partial charge is 0.320 e. The van der Waals surface area contributed by atoms with Gasteiger partial charge in [0.2, 0.25) is 0 Å². The molecule has 0 aliphatic heterocycles. The Labute approximate surface area is 103 Å². The molecule has 0 radical (unpaired) electrons. The van der Waals surface area contributed by atoms with Crippen LogP contribution in [-0.2, 0) is 16.0 Å². The summed E-state index contributed by atoms with van der Waals surface area (Å²) < 4.78 is 0. The number of aryl methyl sites for hydroxylation is 1. The maximum absolute atomic E-state index is 11.0. The predicted octanol–water partition coefficient (Wildman–Crippen LogP) is 1.20. The molecular weight excluding hydrogens is 242 g/mol. The molecule has 0 aliphatic carbocycles. The lowest BCUT2D eigenvalue weighted by atomic mass is 10.1. The molecule has 0 saturated carbocycles. The van der Waals surface area contributed by atoms with Crippen molar-refractivity contribution in [1.29, 1.82) is 0 Å². The van der Waals surface area contributed by atoms with Gasteiger partial charge in [-0.25, -0.2) is 0 Å². The summed E-state index contributed by atoms with van der Waals surface area (Å²) in [5.74, 6) is -2.07. The van der Waals surface area contributed by atoms with Crippen molar-refractivity contribution in [3.8, 4) is 0 Å². The number of carboxylic acids is 2. The number of nitrogens with one attached hydrogen (secondary N) is 1. The molecule has 1 aromatic rings. The van der Waals surface area contributed by atoms with E-state index in [1.54, 1.807) is 11.3 Å². The molecule has 1 rings (SSSR count). The molecule has 0 aromatic carbocycles. The molecule has 5 nitrogen and oxygen atoms in total. The minimum Gasteiger partial charge on any atom is -0.480 e. The molecule has 0 aliphatic rings. The molecule has 0 amide bonds. The van der Waals surface area contributed by atoms with Gasteiger partial charge in [-0.3, -0.25) is 14.9 Å². The largest absolute Gasteiger partial charge is 0.480 e. The number of carbonyl (C=O) groups is 2. The molecule has 1 unspecified atom stereocenters. The van der Waals surface area contributed by atoms with Crippen LogP contribution in [0.3, 0.4) is 0 Å². The lowest BCUT2D eigenvalue weighted by molar-refractivity contribution is -0.142. The summed E-state index contributed by atoms with van der Waals surface area (Å²) in [6, 6.07) is 2.15. The summed E-state index contributed by atoms with van der Waals surface area (Å²) in [5.41, 5.74) is 0. The van der Waals surface area contributed by atoms with Crippen LogP contribution in [0.25, 0.3) is 0 Å².